The Balaban J connectivity index is 3.98. The fourth-order valence-electron chi connectivity index (χ4n) is 5.76. The van der Waals surface area contributed by atoms with E-state index in [1.54, 1.807) is 0 Å². The number of hydrogen-bond donors (Lipinski definition) is 4. The minimum absolute atomic E-state index is 0.0635. The van der Waals surface area contributed by atoms with E-state index in [9.17, 15) is 34.1 Å². The van der Waals surface area contributed by atoms with Gasteiger partial charge in [-0.2, -0.15) is 0 Å². The first kappa shape index (κ1) is 55.9. The van der Waals surface area contributed by atoms with Crippen LogP contribution in [0.5, 0.6) is 0 Å². The van der Waals surface area contributed by atoms with Crippen molar-refractivity contribution in [1.29, 1.82) is 0 Å². The lowest BCUT2D eigenvalue weighted by atomic mass is 10.1. The number of aliphatic hydroxyl groups excluding tert-OH is 1. The number of aliphatic hydroxyl groups is 1. The van der Waals surface area contributed by atoms with Crippen LogP contribution >= 0.6 is 7.82 Å². The molecule has 0 aromatic rings. The van der Waals surface area contributed by atoms with Crippen LogP contribution in [-0.2, 0) is 32.7 Å². The van der Waals surface area contributed by atoms with Crippen LogP contribution in [0.25, 0.3) is 0 Å². The largest absolute Gasteiger partial charge is 0.480 e. The quantitative estimate of drug-likeness (QED) is 0.0201. The van der Waals surface area contributed by atoms with E-state index in [-0.39, 0.29) is 12.8 Å². The second kappa shape index (κ2) is 41.6. The molecule has 11 nitrogen and oxygen atoms in total. The molecule has 3 atom stereocenters. The van der Waals surface area contributed by atoms with Gasteiger partial charge in [0.05, 0.1) is 13.2 Å². The van der Waals surface area contributed by atoms with Crippen LogP contribution in [0, 0.1) is 0 Å². The maximum Gasteiger partial charge on any atom is 0.472 e. The molecular weight excluding hydrogens is 769 g/mol. The van der Waals surface area contributed by atoms with Gasteiger partial charge in [0.2, 0.25) is 5.91 Å². The molecule has 1 amide bonds. The molecule has 0 radical (unpaired) electrons. The van der Waals surface area contributed by atoms with E-state index >= 15 is 0 Å². The number of nitrogens with one attached hydrogen (secondary N) is 1. The summed E-state index contributed by atoms with van der Waals surface area (Å²) < 4.78 is 26.8. The number of phosphoric ester groups is 1. The predicted molar refractivity (Wildman–Crippen MR) is 240 cm³/mol. The van der Waals surface area contributed by atoms with E-state index in [4.69, 9.17) is 13.8 Å². The number of amides is 1. The normalized spacial score (nSPS) is 14.4. The molecule has 0 aliphatic rings. The smallest absolute Gasteiger partial charge is 0.472 e. The van der Waals surface area contributed by atoms with Gasteiger partial charge in [0.1, 0.15) is 12.7 Å². The molecule has 0 aromatic carbocycles. The van der Waals surface area contributed by atoms with Gasteiger partial charge in [-0.25, -0.2) is 9.36 Å². The number of carbonyl (C=O) groups is 3. The molecule has 338 valence electrons. The summed E-state index contributed by atoms with van der Waals surface area (Å²) in [5.41, 5.74) is 0. The molecule has 3 unspecified atom stereocenters. The molecule has 0 spiro atoms. The second-order valence-electron chi connectivity index (χ2n) is 14.9. The van der Waals surface area contributed by atoms with Gasteiger partial charge in [0.25, 0.3) is 0 Å². The summed E-state index contributed by atoms with van der Waals surface area (Å²) in [5.74, 6) is -2.47. The Morgan fingerprint density at radius 3 is 1.53 bits per heavy atom. The van der Waals surface area contributed by atoms with Crippen molar-refractivity contribution in [3.05, 3.63) is 72.9 Å². The van der Waals surface area contributed by atoms with Crippen molar-refractivity contribution < 1.29 is 47.8 Å². The number of phosphoric acid groups is 1. The van der Waals surface area contributed by atoms with Gasteiger partial charge in [-0.3, -0.25) is 18.6 Å². The molecule has 0 saturated heterocycles. The fourth-order valence-corrected chi connectivity index (χ4v) is 6.53. The number of esters is 1. The highest BCUT2D eigenvalue weighted by Gasteiger charge is 2.28. The van der Waals surface area contributed by atoms with Crippen molar-refractivity contribution in [2.45, 2.75) is 187 Å². The summed E-state index contributed by atoms with van der Waals surface area (Å²) in [6, 6.07) is -1.58. The number of carboxylic acids is 1. The van der Waals surface area contributed by atoms with E-state index in [2.05, 4.69) is 79.9 Å². The molecule has 0 bridgehead atoms. The number of hydrogen-bond acceptors (Lipinski definition) is 8. The Kier molecular flexibility index (Phi) is 39.5. The van der Waals surface area contributed by atoms with E-state index in [1.807, 2.05) is 12.2 Å². The number of unbranched alkanes of at least 4 members (excludes halogenated alkanes) is 15. The average Bonchev–Trinajstić information content (AvgIpc) is 3.21. The first-order chi connectivity index (χ1) is 28.6. The van der Waals surface area contributed by atoms with Crippen LogP contribution in [0.3, 0.4) is 0 Å². The van der Waals surface area contributed by atoms with Gasteiger partial charge >= 0.3 is 19.8 Å². The highest BCUT2D eigenvalue weighted by molar-refractivity contribution is 7.47. The summed E-state index contributed by atoms with van der Waals surface area (Å²) >= 11 is 0. The third-order valence-electron chi connectivity index (χ3n) is 9.23. The summed E-state index contributed by atoms with van der Waals surface area (Å²) in [4.78, 5) is 45.9. The van der Waals surface area contributed by atoms with Crippen molar-refractivity contribution in [1.82, 2.24) is 5.32 Å². The lowest BCUT2D eigenvalue weighted by Gasteiger charge is -2.18. The Labute approximate surface area is 357 Å². The Morgan fingerprint density at radius 1 is 0.559 bits per heavy atom. The first-order valence-corrected chi connectivity index (χ1v) is 24.0. The minimum atomic E-state index is -4.78. The van der Waals surface area contributed by atoms with Gasteiger partial charge in [0.15, 0.2) is 6.04 Å². The van der Waals surface area contributed by atoms with Crippen molar-refractivity contribution in [2.75, 3.05) is 19.8 Å². The van der Waals surface area contributed by atoms with Crippen LogP contribution in [-0.4, -0.2) is 64.9 Å². The number of carbonyl (C=O) groups excluding carboxylic acids is 2. The van der Waals surface area contributed by atoms with Crippen molar-refractivity contribution in [3.63, 3.8) is 0 Å². The lowest BCUT2D eigenvalue weighted by Crippen LogP contribution is -2.43. The van der Waals surface area contributed by atoms with Crippen molar-refractivity contribution in [2.24, 2.45) is 0 Å². The van der Waals surface area contributed by atoms with E-state index < -0.39 is 57.6 Å². The monoisotopic (exact) mass is 850 g/mol. The van der Waals surface area contributed by atoms with Crippen LogP contribution in [0.15, 0.2) is 72.9 Å². The Morgan fingerprint density at radius 2 is 1.00 bits per heavy atom. The SMILES string of the molecule is CC/C=C\C/C=C\C/C=C\C/C=C\C/C=C\CCCC(=O)NC(COP(=O)(O)OCC(O)COC(=O)CCCCCCCCC/C=C\CCCCCCCCC)C(=O)O. The molecule has 0 rings (SSSR count). The predicted octanol–water partition coefficient (Wildman–Crippen LogP) is 11.7. The molecule has 0 heterocycles. The highest BCUT2D eigenvalue weighted by Crippen LogP contribution is 2.43. The highest BCUT2D eigenvalue weighted by atomic mass is 31.2. The van der Waals surface area contributed by atoms with Gasteiger partial charge in [-0.15, -0.1) is 0 Å². The molecule has 59 heavy (non-hydrogen) atoms. The number of ether oxygens (including phenoxy) is 1. The van der Waals surface area contributed by atoms with Crippen molar-refractivity contribution >= 4 is 25.7 Å². The third kappa shape index (κ3) is 41.4. The second-order valence-corrected chi connectivity index (χ2v) is 16.3. The lowest BCUT2D eigenvalue weighted by molar-refractivity contribution is -0.147. The van der Waals surface area contributed by atoms with Gasteiger partial charge in [-0.05, 0) is 77.0 Å². The van der Waals surface area contributed by atoms with E-state index in [0.29, 0.717) is 19.3 Å². The van der Waals surface area contributed by atoms with Gasteiger partial charge in [0, 0.05) is 12.8 Å². The van der Waals surface area contributed by atoms with Crippen molar-refractivity contribution in [3.8, 4) is 0 Å². The Bertz CT molecular complexity index is 1280. The minimum Gasteiger partial charge on any atom is -0.480 e. The van der Waals surface area contributed by atoms with Gasteiger partial charge in [-0.1, -0.05) is 157 Å². The summed E-state index contributed by atoms with van der Waals surface area (Å²) in [5, 5.41) is 21.8. The van der Waals surface area contributed by atoms with E-state index in [1.165, 1.54) is 70.6 Å². The topological polar surface area (TPSA) is 169 Å². The number of carboxylic acid groups (broad SMARTS) is 1. The molecule has 0 fully saturated rings. The third-order valence-corrected chi connectivity index (χ3v) is 10.2. The standard InChI is InChI=1S/C47H80NO10P/c1-3-5-7-9-11-13-15-17-19-21-23-25-27-29-31-33-35-37-39-46(51)56-40-43(49)41-57-59(54,55)58-42-44(47(52)53)48-45(50)38-36-34-32-30-28-26-24-22-20-18-16-14-12-10-8-6-4-2/h6,8,12,14,18-21,24,26,30,32,43-44,49H,3-5,7,9-11,13,15-17,22-23,25,27-29,31,33-42H2,1-2H3,(H,48,50)(H,52,53)(H,54,55)/b8-6-,14-12-,20-18-,21-19-,26-24-,32-30-. The molecule has 12 heteroatoms. The number of aliphatic carboxylic acids is 1. The van der Waals surface area contributed by atoms with Crippen LogP contribution in [0.2, 0.25) is 0 Å². The zero-order valence-corrected chi connectivity index (χ0v) is 37.4. The molecule has 0 aliphatic heterocycles. The summed E-state index contributed by atoms with van der Waals surface area (Å²) in [6.45, 7) is 2.43. The van der Waals surface area contributed by atoms with E-state index in [0.717, 1.165) is 57.8 Å². The van der Waals surface area contributed by atoms with Gasteiger partial charge < -0.3 is 25.2 Å². The molecule has 4 N–H and O–H groups in total. The fraction of sp³-hybridized carbons (Fsp3) is 0.681. The number of rotatable bonds is 41. The van der Waals surface area contributed by atoms with Crippen LogP contribution in [0.4, 0.5) is 0 Å². The van der Waals surface area contributed by atoms with Crippen LogP contribution < -0.4 is 5.32 Å². The maximum absolute atomic E-state index is 12.3. The molecule has 0 aromatic heterocycles. The zero-order chi connectivity index (χ0) is 43.5. The number of allylic oxidation sites excluding steroid dienone is 12. The summed E-state index contributed by atoms with van der Waals surface area (Å²) in [6.07, 6.45) is 49.3. The first-order valence-electron chi connectivity index (χ1n) is 22.5. The maximum atomic E-state index is 12.3. The molecular formula is C47H80NO10P. The Hall–Kier alpha value is -3.08. The molecule has 0 saturated carbocycles. The zero-order valence-electron chi connectivity index (χ0n) is 36.5. The van der Waals surface area contributed by atoms with Crippen LogP contribution in [0.1, 0.15) is 174 Å². The average molecular weight is 850 g/mol. The molecule has 0 aliphatic carbocycles. The summed E-state index contributed by atoms with van der Waals surface area (Å²) in [7, 11) is -4.78.